The lowest BCUT2D eigenvalue weighted by Gasteiger charge is -2.35. The van der Waals surface area contributed by atoms with Crippen molar-refractivity contribution in [2.75, 3.05) is 4.90 Å². The molecular formula is C31H43NO. The molecule has 0 amide bonds. The number of ketones is 1. The number of nitrogens with zero attached hydrogens (tertiary/aromatic N) is 1. The number of rotatable bonds is 16. The molecule has 2 aromatic carbocycles. The van der Waals surface area contributed by atoms with E-state index in [0.29, 0.717) is 11.8 Å². The van der Waals surface area contributed by atoms with Gasteiger partial charge in [-0.3, -0.25) is 0 Å². The number of hydrogen-bond acceptors (Lipinski definition) is 2. The van der Waals surface area contributed by atoms with Gasteiger partial charge in [-0.1, -0.05) is 113 Å². The number of fused-ring (bicyclic) bond motifs is 1. The minimum Gasteiger partial charge on any atom is -0.340 e. The van der Waals surface area contributed by atoms with Gasteiger partial charge in [0.2, 0.25) is 0 Å². The highest BCUT2D eigenvalue weighted by molar-refractivity contribution is 5.75. The third-order valence-electron chi connectivity index (χ3n) is 6.92. The van der Waals surface area contributed by atoms with Crippen LogP contribution in [0, 0.1) is 0 Å². The highest BCUT2D eigenvalue weighted by atomic mass is 16.1. The van der Waals surface area contributed by atoms with Crippen molar-refractivity contribution in [1.29, 1.82) is 0 Å². The fraction of sp³-hybridized carbons (Fsp3) is 0.516. The van der Waals surface area contributed by atoms with Crippen LogP contribution in [0.25, 0.3) is 6.08 Å². The van der Waals surface area contributed by atoms with Crippen molar-refractivity contribution in [3.63, 3.8) is 0 Å². The van der Waals surface area contributed by atoms with E-state index < -0.39 is 0 Å². The quantitative estimate of drug-likeness (QED) is 0.240. The van der Waals surface area contributed by atoms with Crippen molar-refractivity contribution in [1.82, 2.24) is 0 Å². The molecular weight excluding hydrogens is 402 g/mol. The summed E-state index contributed by atoms with van der Waals surface area (Å²) >= 11 is 0. The van der Waals surface area contributed by atoms with Crippen molar-refractivity contribution in [2.45, 2.75) is 103 Å². The van der Waals surface area contributed by atoms with Gasteiger partial charge in [0.25, 0.3) is 0 Å². The first-order chi connectivity index (χ1) is 16.3. The third kappa shape index (κ3) is 8.84. The Morgan fingerprint density at radius 2 is 1.24 bits per heavy atom. The molecule has 0 radical (unpaired) electrons. The van der Waals surface area contributed by atoms with Crippen LogP contribution >= 0.6 is 0 Å². The molecule has 1 unspecified atom stereocenters. The van der Waals surface area contributed by atoms with Gasteiger partial charge in [0.1, 0.15) is 5.78 Å². The standard InChI is InChI=1S/C31H43NO/c1-27(33)19-13-10-8-6-4-2-3-5-7-9-11-16-24-31-30-23-18-17-20-28(30)25-26-32(31)29-21-14-12-15-22-29/h12,14-15,17-18,20-23,25-26,31H,2-11,13,16,19,24H2,1H3. The summed E-state index contributed by atoms with van der Waals surface area (Å²) in [6, 6.07) is 20.1. The van der Waals surface area contributed by atoms with Gasteiger partial charge < -0.3 is 9.69 Å². The van der Waals surface area contributed by atoms with Crippen LogP contribution in [0.4, 0.5) is 5.69 Å². The summed E-state index contributed by atoms with van der Waals surface area (Å²) in [6.45, 7) is 1.70. The van der Waals surface area contributed by atoms with Crippen molar-refractivity contribution in [3.05, 3.63) is 71.9 Å². The number of hydrogen-bond donors (Lipinski definition) is 0. The van der Waals surface area contributed by atoms with Crippen LogP contribution in [0.1, 0.15) is 114 Å². The highest BCUT2D eigenvalue weighted by Crippen LogP contribution is 2.37. The van der Waals surface area contributed by atoms with E-state index in [2.05, 4.69) is 71.8 Å². The smallest absolute Gasteiger partial charge is 0.129 e. The molecule has 0 bridgehead atoms. The Labute approximate surface area is 202 Å². The summed E-state index contributed by atoms with van der Waals surface area (Å²) in [5.41, 5.74) is 4.12. The molecule has 2 heteroatoms. The molecule has 3 rings (SSSR count). The second-order valence-corrected chi connectivity index (χ2v) is 9.69. The molecule has 33 heavy (non-hydrogen) atoms. The zero-order chi connectivity index (χ0) is 23.1. The van der Waals surface area contributed by atoms with E-state index in [1.807, 2.05) is 0 Å². The minimum atomic E-state index is 0.337. The fourth-order valence-corrected chi connectivity index (χ4v) is 5.02. The number of Topliss-reactive ketones (excluding diaryl/α,β-unsaturated/α-hetero) is 1. The lowest BCUT2D eigenvalue weighted by molar-refractivity contribution is -0.117. The monoisotopic (exact) mass is 445 g/mol. The van der Waals surface area contributed by atoms with Crippen molar-refractivity contribution in [3.8, 4) is 0 Å². The maximum Gasteiger partial charge on any atom is 0.129 e. The average molecular weight is 446 g/mol. The van der Waals surface area contributed by atoms with Crippen LogP contribution in [0.3, 0.4) is 0 Å². The number of benzene rings is 2. The van der Waals surface area contributed by atoms with Crippen LogP contribution in [-0.4, -0.2) is 5.78 Å². The Hall–Kier alpha value is -2.35. The van der Waals surface area contributed by atoms with Crippen LogP contribution in [-0.2, 0) is 4.79 Å². The Kier molecular flexibility index (Phi) is 11.3. The van der Waals surface area contributed by atoms with Crippen LogP contribution in [0.5, 0.6) is 0 Å². The topological polar surface area (TPSA) is 20.3 Å². The van der Waals surface area contributed by atoms with E-state index in [1.54, 1.807) is 6.92 Å². The molecule has 0 saturated heterocycles. The lowest BCUT2D eigenvalue weighted by atomic mass is 9.91. The molecule has 1 heterocycles. The summed E-state index contributed by atoms with van der Waals surface area (Å²) in [7, 11) is 0. The Balaban J connectivity index is 1.29. The van der Waals surface area contributed by atoms with Crippen molar-refractivity contribution in [2.24, 2.45) is 0 Å². The van der Waals surface area contributed by atoms with E-state index in [1.165, 1.54) is 93.9 Å². The van der Waals surface area contributed by atoms with Gasteiger partial charge in [0.15, 0.2) is 0 Å². The summed E-state index contributed by atoms with van der Waals surface area (Å²) in [5.74, 6) is 0.337. The fourth-order valence-electron chi connectivity index (χ4n) is 5.02. The zero-order valence-electron chi connectivity index (χ0n) is 20.7. The van der Waals surface area contributed by atoms with Crippen molar-refractivity contribution < 1.29 is 4.79 Å². The molecule has 0 fully saturated rings. The average Bonchev–Trinajstić information content (AvgIpc) is 2.84. The van der Waals surface area contributed by atoms with Gasteiger partial charge >= 0.3 is 0 Å². The Bertz CT molecular complexity index is 841. The molecule has 1 aliphatic heterocycles. The molecule has 0 aliphatic carbocycles. The number of para-hydroxylation sites is 1. The molecule has 0 aromatic heterocycles. The van der Waals surface area contributed by atoms with Gasteiger partial charge in [-0.25, -0.2) is 0 Å². The van der Waals surface area contributed by atoms with E-state index in [4.69, 9.17) is 0 Å². The predicted octanol–water partition coefficient (Wildman–Crippen LogP) is 9.27. The van der Waals surface area contributed by atoms with Gasteiger partial charge in [-0.2, -0.15) is 0 Å². The highest BCUT2D eigenvalue weighted by Gasteiger charge is 2.23. The third-order valence-corrected chi connectivity index (χ3v) is 6.92. The summed E-state index contributed by atoms with van der Waals surface area (Å²) < 4.78 is 0. The molecule has 1 atom stereocenters. The van der Waals surface area contributed by atoms with Crippen LogP contribution in [0.15, 0.2) is 60.8 Å². The van der Waals surface area contributed by atoms with E-state index >= 15 is 0 Å². The normalized spacial score (nSPS) is 14.9. The van der Waals surface area contributed by atoms with Crippen LogP contribution < -0.4 is 4.90 Å². The maximum atomic E-state index is 10.9. The second kappa shape index (κ2) is 14.7. The Morgan fingerprint density at radius 3 is 1.88 bits per heavy atom. The van der Waals surface area contributed by atoms with E-state index in [9.17, 15) is 4.79 Å². The second-order valence-electron chi connectivity index (χ2n) is 9.69. The molecule has 2 nitrogen and oxygen atoms in total. The molecule has 0 spiro atoms. The SMILES string of the molecule is CC(=O)CCCCCCCCCCCCCCC1c2ccccc2C=CN1c1ccccc1. The number of carbonyl (C=O) groups excluding carboxylic acids is 1. The first-order valence-corrected chi connectivity index (χ1v) is 13.4. The summed E-state index contributed by atoms with van der Waals surface area (Å²) in [5, 5.41) is 0. The van der Waals surface area contributed by atoms with Gasteiger partial charge in [-0.05, 0) is 49.1 Å². The summed E-state index contributed by atoms with van der Waals surface area (Å²) in [6.07, 6.45) is 22.3. The van der Waals surface area contributed by atoms with Crippen molar-refractivity contribution >= 4 is 17.5 Å². The molecule has 2 aromatic rings. The number of unbranched alkanes of at least 4 members (excludes halogenated alkanes) is 11. The van der Waals surface area contributed by atoms with E-state index in [0.717, 1.165) is 12.8 Å². The molecule has 0 saturated carbocycles. The summed E-state index contributed by atoms with van der Waals surface area (Å²) in [4.78, 5) is 13.4. The van der Waals surface area contributed by atoms with Crippen LogP contribution in [0.2, 0.25) is 0 Å². The number of carbonyl (C=O) groups is 1. The maximum absolute atomic E-state index is 10.9. The number of anilines is 1. The molecule has 178 valence electrons. The minimum absolute atomic E-state index is 0.337. The molecule has 0 N–H and O–H groups in total. The Morgan fingerprint density at radius 1 is 0.697 bits per heavy atom. The first-order valence-electron chi connectivity index (χ1n) is 13.4. The van der Waals surface area contributed by atoms with Gasteiger partial charge in [0.05, 0.1) is 6.04 Å². The van der Waals surface area contributed by atoms with Gasteiger partial charge in [-0.15, -0.1) is 0 Å². The predicted molar refractivity (Wildman–Crippen MR) is 142 cm³/mol. The van der Waals surface area contributed by atoms with E-state index in [-0.39, 0.29) is 0 Å². The first kappa shape index (κ1) is 25.3. The molecule has 1 aliphatic rings. The lowest BCUT2D eigenvalue weighted by Crippen LogP contribution is -2.26. The largest absolute Gasteiger partial charge is 0.340 e. The zero-order valence-corrected chi connectivity index (χ0v) is 20.7. The van der Waals surface area contributed by atoms with Gasteiger partial charge in [0, 0.05) is 18.3 Å².